The van der Waals surface area contributed by atoms with Crippen molar-refractivity contribution in [3.8, 4) is 0 Å². The fourth-order valence-corrected chi connectivity index (χ4v) is 3.56. The number of nitrogens with zero attached hydrogens (tertiary/aromatic N) is 4. The zero-order valence-electron chi connectivity index (χ0n) is 13.6. The highest BCUT2D eigenvalue weighted by Crippen LogP contribution is 2.39. The lowest BCUT2D eigenvalue weighted by Crippen LogP contribution is -2.26. The number of rotatable bonds is 7. The molecule has 25 heavy (non-hydrogen) atoms. The predicted molar refractivity (Wildman–Crippen MR) is 92.1 cm³/mol. The van der Waals surface area contributed by atoms with Crippen LogP contribution in [0.25, 0.3) is 4.96 Å². The van der Waals surface area contributed by atoms with Crippen LogP contribution in [0.1, 0.15) is 41.6 Å². The standard InChI is InChI=1S/C17H18FN5OS/c18-13-4-2-1-3-11(13)9-10-19-14(24)7-8-15-22-23-16(12-5-6-12)20-21-17(23)25-15/h1-4,12H,5-10H2,(H,19,24). The summed E-state index contributed by atoms with van der Waals surface area (Å²) in [5.74, 6) is 1.14. The van der Waals surface area contributed by atoms with Crippen LogP contribution in [0.3, 0.4) is 0 Å². The average Bonchev–Trinajstić information content (AvgIpc) is 3.24. The Kier molecular flexibility index (Phi) is 4.44. The van der Waals surface area contributed by atoms with Gasteiger partial charge in [-0.25, -0.2) is 4.39 Å². The van der Waals surface area contributed by atoms with Gasteiger partial charge in [-0.05, 0) is 30.9 Å². The van der Waals surface area contributed by atoms with Gasteiger partial charge in [0.15, 0.2) is 5.82 Å². The fourth-order valence-electron chi connectivity index (χ4n) is 2.72. The van der Waals surface area contributed by atoms with Crippen LogP contribution in [0.15, 0.2) is 24.3 Å². The van der Waals surface area contributed by atoms with Crippen LogP contribution in [0, 0.1) is 5.82 Å². The number of benzene rings is 1. The van der Waals surface area contributed by atoms with Gasteiger partial charge in [-0.3, -0.25) is 4.79 Å². The molecular weight excluding hydrogens is 341 g/mol. The largest absolute Gasteiger partial charge is 0.356 e. The van der Waals surface area contributed by atoms with E-state index in [1.807, 2.05) is 4.52 Å². The monoisotopic (exact) mass is 359 g/mol. The average molecular weight is 359 g/mol. The Bertz CT molecular complexity index is 901. The van der Waals surface area contributed by atoms with Gasteiger partial charge in [0, 0.05) is 25.3 Å². The number of halogens is 1. The number of nitrogens with one attached hydrogen (secondary N) is 1. The van der Waals surface area contributed by atoms with Crippen molar-refractivity contribution in [1.82, 2.24) is 25.1 Å². The molecule has 2 aromatic heterocycles. The molecule has 1 fully saturated rings. The third-order valence-corrected chi connectivity index (χ3v) is 5.20. The second kappa shape index (κ2) is 6.87. The fraction of sp³-hybridized carbons (Fsp3) is 0.412. The van der Waals surface area contributed by atoms with Gasteiger partial charge in [-0.1, -0.05) is 29.5 Å². The number of carbonyl (C=O) groups excluding carboxylic acids is 1. The molecule has 1 aliphatic rings. The van der Waals surface area contributed by atoms with Crippen LogP contribution in [0.5, 0.6) is 0 Å². The summed E-state index contributed by atoms with van der Waals surface area (Å²) < 4.78 is 15.3. The third kappa shape index (κ3) is 3.68. The molecule has 6 nitrogen and oxygen atoms in total. The summed E-state index contributed by atoms with van der Waals surface area (Å²) >= 11 is 1.48. The van der Waals surface area contributed by atoms with Gasteiger partial charge in [0.05, 0.1) is 0 Å². The predicted octanol–water partition coefficient (Wildman–Crippen LogP) is 2.49. The Hall–Kier alpha value is -2.35. The van der Waals surface area contributed by atoms with Crippen molar-refractivity contribution in [2.24, 2.45) is 0 Å². The molecule has 8 heteroatoms. The first-order chi connectivity index (χ1) is 12.2. The van der Waals surface area contributed by atoms with E-state index in [2.05, 4.69) is 20.6 Å². The first-order valence-electron chi connectivity index (χ1n) is 8.42. The van der Waals surface area contributed by atoms with E-state index in [1.54, 1.807) is 18.2 Å². The van der Waals surface area contributed by atoms with Crippen LogP contribution in [0.4, 0.5) is 4.39 Å². The second-order valence-electron chi connectivity index (χ2n) is 6.21. The lowest BCUT2D eigenvalue weighted by Gasteiger charge is -2.05. The van der Waals surface area contributed by atoms with Gasteiger partial charge in [0.25, 0.3) is 0 Å². The molecule has 0 unspecified atom stereocenters. The maximum Gasteiger partial charge on any atom is 0.234 e. The Morgan fingerprint density at radius 2 is 2.12 bits per heavy atom. The molecule has 1 amide bonds. The zero-order chi connectivity index (χ0) is 17.2. The minimum absolute atomic E-state index is 0.0512. The maximum atomic E-state index is 13.5. The molecule has 1 aromatic carbocycles. The first kappa shape index (κ1) is 16.1. The number of amides is 1. The Morgan fingerprint density at radius 3 is 2.92 bits per heavy atom. The molecule has 0 atom stereocenters. The molecule has 4 rings (SSSR count). The van der Waals surface area contributed by atoms with Crippen molar-refractivity contribution in [1.29, 1.82) is 0 Å². The summed E-state index contributed by atoms with van der Waals surface area (Å²) in [6.45, 7) is 0.427. The molecular formula is C17H18FN5OS. The summed E-state index contributed by atoms with van der Waals surface area (Å²) in [5, 5.41) is 16.6. The minimum Gasteiger partial charge on any atom is -0.356 e. The summed E-state index contributed by atoms with van der Waals surface area (Å²) in [7, 11) is 0. The molecule has 0 bridgehead atoms. The molecule has 0 radical (unpaired) electrons. The quantitative estimate of drug-likeness (QED) is 0.703. The molecule has 1 N–H and O–H groups in total. The summed E-state index contributed by atoms with van der Waals surface area (Å²) in [5.41, 5.74) is 0.615. The number of hydrogen-bond donors (Lipinski definition) is 1. The highest BCUT2D eigenvalue weighted by molar-refractivity contribution is 7.16. The zero-order valence-corrected chi connectivity index (χ0v) is 14.4. The topological polar surface area (TPSA) is 72.2 Å². The lowest BCUT2D eigenvalue weighted by atomic mass is 10.1. The third-order valence-electron chi connectivity index (χ3n) is 4.24. The van der Waals surface area contributed by atoms with Gasteiger partial charge >= 0.3 is 0 Å². The molecule has 0 aliphatic heterocycles. The molecule has 1 aliphatic carbocycles. The highest BCUT2D eigenvalue weighted by atomic mass is 32.1. The first-order valence-corrected chi connectivity index (χ1v) is 9.23. The van der Waals surface area contributed by atoms with Crippen LogP contribution >= 0.6 is 11.3 Å². The summed E-state index contributed by atoms with van der Waals surface area (Å²) in [4.78, 5) is 12.8. The second-order valence-corrected chi connectivity index (χ2v) is 7.25. The SMILES string of the molecule is O=C(CCc1nn2c(C3CC3)nnc2s1)NCCc1ccccc1F. The van der Waals surface area contributed by atoms with E-state index < -0.39 is 0 Å². The molecule has 130 valence electrons. The van der Waals surface area contributed by atoms with Crippen LogP contribution in [-0.2, 0) is 17.6 Å². The molecule has 1 saturated carbocycles. The van der Waals surface area contributed by atoms with Crippen molar-refractivity contribution in [3.63, 3.8) is 0 Å². The van der Waals surface area contributed by atoms with Gasteiger partial charge in [0.1, 0.15) is 10.8 Å². The van der Waals surface area contributed by atoms with E-state index in [0.717, 1.165) is 28.6 Å². The molecule has 2 heterocycles. The molecule has 0 saturated heterocycles. The number of aromatic nitrogens is 4. The van der Waals surface area contributed by atoms with Gasteiger partial charge < -0.3 is 5.32 Å². The van der Waals surface area contributed by atoms with Crippen molar-refractivity contribution in [2.45, 2.75) is 38.0 Å². The molecule has 3 aromatic rings. The normalized spacial score (nSPS) is 14.1. The van der Waals surface area contributed by atoms with Crippen molar-refractivity contribution < 1.29 is 9.18 Å². The maximum absolute atomic E-state index is 13.5. The summed E-state index contributed by atoms with van der Waals surface area (Å²) in [6, 6.07) is 6.62. The van der Waals surface area contributed by atoms with Gasteiger partial charge in [-0.2, -0.15) is 9.61 Å². The van der Waals surface area contributed by atoms with Crippen molar-refractivity contribution in [3.05, 3.63) is 46.5 Å². The summed E-state index contributed by atoms with van der Waals surface area (Å²) in [6.07, 6.45) is 3.72. The van der Waals surface area contributed by atoms with E-state index >= 15 is 0 Å². The Balaban J connectivity index is 1.26. The minimum atomic E-state index is -0.233. The lowest BCUT2D eigenvalue weighted by molar-refractivity contribution is -0.121. The van der Waals surface area contributed by atoms with Gasteiger partial charge in [0.2, 0.25) is 10.9 Å². The van der Waals surface area contributed by atoms with E-state index in [-0.39, 0.29) is 11.7 Å². The van der Waals surface area contributed by atoms with E-state index in [1.165, 1.54) is 17.4 Å². The Morgan fingerprint density at radius 1 is 1.28 bits per heavy atom. The number of fused-ring (bicyclic) bond motifs is 1. The Labute approximate surface area is 148 Å². The van der Waals surface area contributed by atoms with E-state index in [0.29, 0.717) is 37.3 Å². The van der Waals surface area contributed by atoms with Gasteiger partial charge in [-0.15, -0.1) is 10.2 Å². The van der Waals surface area contributed by atoms with Crippen molar-refractivity contribution >= 4 is 22.2 Å². The highest BCUT2D eigenvalue weighted by Gasteiger charge is 2.30. The van der Waals surface area contributed by atoms with Crippen LogP contribution < -0.4 is 5.32 Å². The number of carbonyl (C=O) groups is 1. The van der Waals surface area contributed by atoms with Crippen LogP contribution in [0.2, 0.25) is 0 Å². The van der Waals surface area contributed by atoms with E-state index in [9.17, 15) is 9.18 Å². The van der Waals surface area contributed by atoms with Crippen LogP contribution in [-0.4, -0.2) is 32.3 Å². The van der Waals surface area contributed by atoms with E-state index in [4.69, 9.17) is 0 Å². The number of hydrogen-bond acceptors (Lipinski definition) is 5. The number of aryl methyl sites for hydroxylation is 1. The van der Waals surface area contributed by atoms with Crippen molar-refractivity contribution in [2.75, 3.05) is 6.54 Å². The smallest absolute Gasteiger partial charge is 0.234 e. The molecule has 0 spiro atoms.